The monoisotopic (exact) mass is 271 g/mol. The van der Waals surface area contributed by atoms with Crippen LogP contribution >= 0.6 is 0 Å². The molecule has 20 heavy (non-hydrogen) atoms. The molecular weight excluding hydrogens is 254 g/mol. The summed E-state index contributed by atoms with van der Waals surface area (Å²) in [5.41, 5.74) is 3.51. The summed E-state index contributed by atoms with van der Waals surface area (Å²) in [7, 11) is 0. The predicted octanol–water partition coefficient (Wildman–Crippen LogP) is 2.14. The third-order valence-corrected chi connectivity index (χ3v) is 3.34. The van der Waals surface area contributed by atoms with E-state index in [1.807, 2.05) is 42.7 Å². The van der Waals surface area contributed by atoms with Crippen LogP contribution in [0.4, 0.5) is 0 Å². The summed E-state index contributed by atoms with van der Waals surface area (Å²) in [6.07, 6.45) is 0.00840. The molecule has 0 bridgehead atoms. The molecule has 0 saturated heterocycles. The SMILES string of the molecule is Cc1cc(=O)cc(C)n1Cc1ccccc1CC(=O)O. The van der Waals surface area contributed by atoms with E-state index in [-0.39, 0.29) is 11.8 Å². The minimum atomic E-state index is -0.842. The lowest BCUT2D eigenvalue weighted by Crippen LogP contribution is -2.15. The van der Waals surface area contributed by atoms with Crippen molar-refractivity contribution in [3.05, 3.63) is 69.1 Å². The van der Waals surface area contributed by atoms with E-state index in [2.05, 4.69) is 0 Å². The molecule has 1 aromatic heterocycles. The maximum Gasteiger partial charge on any atom is 0.307 e. The van der Waals surface area contributed by atoms with Gasteiger partial charge in [-0.2, -0.15) is 0 Å². The molecule has 0 unspecified atom stereocenters. The minimum Gasteiger partial charge on any atom is -0.481 e. The average Bonchev–Trinajstić information content (AvgIpc) is 2.34. The summed E-state index contributed by atoms with van der Waals surface area (Å²) in [5, 5.41) is 8.95. The quantitative estimate of drug-likeness (QED) is 0.926. The molecule has 1 heterocycles. The first-order valence-corrected chi connectivity index (χ1v) is 6.44. The molecular formula is C16H17NO3. The van der Waals surface area contributed by atoms with Crippen molar-refractivity contribution in [2.75, 3.05) is 0 Å². The number of nitrogens with zero attached hydrogens (tertiary/aromatic N) is 1. The van der Waals surface area contributed by atoms with Crippen molar-refractivity contribution in [2.45, 2.75) is 26.8 Å². The van der Waals surface area contributed by atoms with Crippen LogP contribution in [0.15, 0.2) is 41.2 Å². The summed E-state index contributed by atoms with van der Waals surface area (Å²) < 4.78 is 2.02. The van der Waals surface area contributed by atoms with Gasteiger partial charge in [-0.25, -0.2) is 0 Å². The number of hydrogen-bond donors (Lipinski definition) is 1. The zero-order valence-electron chi connectivity index (χ0n) is 11.6. The van der Waals surface area contributed by atoms with Crippen LogP contribution in [0.25, 0.3) is 0 Å². The molecule has 4 heteroatoms. The van der Waals surface area contributed by atoms with Crippen LogP contribution < -0.4 is 5.43 Å². The Morgan fingerprint density at radius 3 is 2.20 bits per heavy atom. The van der Waals surface area contributed by atoms with Gasteiger partial charge in [-0.15, -0.1) is 0 Å². The second-order valence-electron chi connectivity index (χ2n) is 4.90. The van der Waals surface area contributed by atoms with Gasteiger partial charge in [-0.05, 0) is 25.0 Å². The third kappa shape index (κ3) is 3.15. The van der Waals surface area contributed by atoms with Crippen LogP contribution in [0.2, 0.25) is 0 Å². The minimum absolute atomic E-state index is 0.00456. The van der Waals surface area contributed by atoms with Gasteiger partial charge in [0.05, 0.1) is 6.42 Å². The third-order valence-electron chi connectivity index (χ3n) is 3.34. The van der Waals surface area contributed by atoms with Crippen LogP contribution in [0.1, 0.15) is 22.5 Å². The van der Waals surface area contributed by atoms with Crippen LogP contribution in [0.3, 0.4) is 0 Å². The van der Waals surface area contributed by atoms with Crippen molar-refractivity contribution in [3.63, 3.8) is 0 Å². The molecule has 0 spiro atoms. The lowest BCUT2D eigenvalue weighted by atomic mass is 10.0. The molecule has 0 aliphatic carbocycles. The van der Waals surface area contributed by atoms with Gasteiger partial charge in [-0.3, -0.25) is 9.59 Å². The molecule has 104 valence electrons. The van der Waals surface area contributed by atoms with Gasteiger partial charge in [0.15, 0.2) is 5.43 Å². The van der Waals surface area contributed by atoms with E-state index in [0.717, 1.165) is 22.5 Å². The molecule has 0 aliphatic heterocycles. The van der Waals surface area contributed by atoms with Crippen molar-refractivity contribution in [1.82, 2.24) is 4.57 Å². The summed E-state index contributed by atoms with van der Waals surface area (Å²) >= 11 is 0. The summed E-state index contributed by atoms with van der Waals surface area (Å²) in [5.74, 6) is -0.842. The fraction of sp³-hybridized carbons (Fsp3) is 0.250. The van der Waals surface area contributed by atoms with Gasteiger partial charge >= 0.3 is 5.97 Å². The van der Waals surface area contributed by atoms with E-state index in [9.17, 15) is 9.59 Å². The normalized spacial score (nSPS) is 10.5. The Kier molecular flexibility index (Phi) is 4.03. The Morgan fingerprint density at radius 2 is 1.65 bits per heavy atom. The van der Waals surface area contributed by atoms with Crippen molar-refractivity contribution in [2.24, 2.45) is 0 Å². The molecule has 0 aliphatic rings. The van der Waals surface area contributed by atoms with Crippen LogP contribution in [0, 0.1) is 13.8 Å². The topological polar surface area (TPSA) is 59.3 Å². The first-order chi connectivity index (χ1) is 9.47. The highest BCUT2D eigenvalue weighted by Gasteiger charge is 2.08. The Balaban J connectivity index is 2.40. The lowest BCUT2D eigenvalue weighted by Gasteiger charge is -2.16. The Labute approximate surface area is 117 Å². The second-order valence-corrected chi connectivity index (χ2v) is 4.90. The van der Waals surface area contributed by atoms with Gasteiger partial charge in [0, 0.05) is 30.1 Å². The molecule has 1 N–H and O–H groups in total. The average molecular weight is 271 g/mol. The molecule has 0 amide bonds. The number of aliphatic carboxylic acids is 1. The van der Waals surface area contributed by atoms with Crippen LogP contribution in [-0.2, 0) is 17.8 Å². The fourth-order valence-corrected chi connectivity index (χ4v) is 2.35. The highest BCUT2D eigenvalue weighted by atomic mass is 16.4. The molecule has 0 fully saturated rings. The lowest BCUT2D eigenvalue weighted by molar-refractivity contribution is -0.136. The number of rotatable bonds is 4. The van der Waals surface area contributed by atoms with Crippen molar-refractivity contribution in [1.29, 1.82) is 0 Å². The fourth-order valence-electron chi connectivity index (χ4n) is 2.35. The maximum absolute atomic E-state index is 11.4. The van der Waals surface area contributed by atoms with Gasteiger partial charge in [0.1, 0.15) is 0 Å². The Morgan fingerprint density at radius 1 is 1.10 bits per heavy atom. The second kappa shape index (κ2) is 5.74. The van der Waals surface area contributed by atoms with Gasteiger partial charge in [-0.1, -0.05) is 24.3 Å². The van der Waals surface area contributed by atoms with Gasteiger partial charge < -0.3 is 9.67 Å². The zero-order valence-corrected chi connectivity index (χ0v) is 11.6. The largest absolute Gasteiger partial charge is 0.481 e. The summed E-state index contributed by atoms with van der Waals surface area (Å²) in [6, 6.07) is 10.7. The first-order valence-electron chi connectivity index (χ1n) is 6.44. The van der Waals surface area contributed by atoms with E-state index in [4.69, 9.17) is 5.11 Å². The number of pyridine rings is 1. The molecule has 1 aromatic carbocycles. The van der Waals surface area contributed by atoms with E-state index >= 15 is 0 Å². The Bertz CT molecular complexity index is 675. The van der Waals surface area contributed by atoms with Crippen molar-refractivity contribution < 1.29 is 9.90 Å². The molecule has 0 saturated carbocycles. The van der Waals surface area contributed by atoms with Crippen LogP contribution in [-0.4, -0.2) is 15.6 Å². The van der Waals surface area contributed by atoms with Gasteiger partial charge in [0.25, 0.3) is 0 Å². The maximum atomic E-state index is 11.4. The molecule has 0 radical (unpaired) electrons. The zero-order chi connectivity index (χ0) is 14.7. The van der Waals surface area contributed by atoms with Crippen molar-refractivity contribution in [3.8, 4) is 0 Å². The van der Waals surface area contributed by atoms with E-state index < -0.39 is 5.97 Å². The highest BCUT2D eigenvalue weighted by molar-refractivity contribution is 5.70. The smallest absolute Gasteiger partial charge is 0.307 e. The van der Waals surface area contributed by atoms with Gasteiger partial charge in [0.2, 0.25) is 0 Å². The van der Waals surface area contributed by atoms with E-state index in [1.54, 1.807) is 12.1 Å². The highest BCUT2D eigenvalue weighted by Crippen LogP contribution is 2.14. The number of carbonyl (C=O) groups is 1. The number of aryl methyl sites for hydroxylation is 2. The summed E-state index contributed by atoms with van der Waals surface area (Å²) in [6.45, 7) is 4.34. The molecule has 0 atom stereocenters. The molecule has 2 rings (SSSR count). The number of hydrogen-bond acceptors (Lipinski definition) is 2. The van der Waals surface area contributed by atoms with Crippen LogP contribution in [0.5, 0.6) is 0 Å². The van der Waals surface area contributed by atoms with Crippen molar-refractivity contribution >= 4 is 5.97 Å². The van der Waals surface area contributed by atoms with E-state index in [1.165, 1.54) is 0 Å². The number of benzene rings is 1. The number of carboxylic acids is 1. The number of carboxylic acid groups (broad SMARTS) is 1. The molecule has 4 nitrogen and oxygen atoms in total. The standard InChI is InChI=1S/C16H17NO3/c1-11-7-15(18)8-12(2)17(11)10-14-6-4-3-5-13(14)9-16(19)20/h3-8H,9-10H2,1-2H3,(H,19,20). The first kappa shape index (κ1) is 14.1. The summed E-state index contributed by atoms with van der Waals surface area (Å²) in [4.78, 5) is 22.3. The Hall–Kier alpha value is -2.36. The molecule has 2 aromatic rings. The van der Waals surface area contributed by atoms with E-state index in [0.29, 0.717) is 6.54 Å². The number of aromatic nitrogens is 1. The predicted molar refractivity (Wildman–Crippen MR) is 77.1 cm³/mol.